The van der Waals surface area contributed by atoms with Crippen LogP contribution in [0.1, 0.15) is 39.6 Å². The molecule has 0 aliphatic rings. The van der Waals surface area contributed by atoms with E-state index < -0.39 is 5.97 Å². The van der Waals surface area contributed by atoms with Gasteiger partial charge in [-0.15, -0.1) is 11.3 Å². The maximum Gasteiger partial charge on any atom is 0.356 e. The van der Waals surface area contributed by atoms with E-state index in [2.05, 4.69) is 0 Å². The van der Waals surface area contributed by atoms with E-state index in [9.17, 15) is 9.59 Å². The fourth-order valence-electron chi connectivity index (χ4n) is 2.62. The van der Waals surface area contributed by atoms with E-state index in [4.69, 9.17) is 10.5 Å². The number of esters is 1. The van der Waals surface area contributed by atoms with E-state index in [1.165, 1.54) is 18.3 Å². The van der Waals surface area contributed by atoms with E-state index in [-0.39, 0.29) is 5.78 Å². The van der Waals surface area contributed by atoms with Crippen molar-refractivity contribution < 1.29 is 14.3 Å². The number of hydrogen-bond acceptors (Lipinski definition) is 5. The van der Waals surface area contributed by atoms with Crippen molar-refractivity contribution in [1.29, 1.82) is 0 Å². The molecule has 2 N–H and O–H groups in total. The molecule has 0 saturated carbocycles. The summed E-state index contributed by atoms with van der Waals surface area (Å²) in [5.74, 6) is -0.507. The molecule has 0 radical (unpaired) electrons. The van der Waals surface area contributed by atoms with Crippen LogP contribution < -0.4 is 5.73 Å². The molecular weight excluding hydrogens is 300 g/mol. The molecule has 0 spiro atoms. The van der Waals surface area contributed by atoms with Gasteiger partial charge in [-0.1, -0.05) is 0 Å². The molecule has 0 aromatic carbocycles. The number of aromatic nitrogens is 1. The van der Waals surface area contributed by atoms with Gasteiger partial charge in [0.1, 0.15) is 5.69 Å². The van der Waals surface area contributed by atoms with Gasteiger partial charge >= 0.3 is 5.97 Å². The molecule has 0 aliphatic heterocycles. The minimum Gasteiger partial charge on any atom is -0.461 e. The Labute approximate surface area is 131 Å². The first kappa shape index (κ1) is 14.6. The Morgan fingerprint density at radius 1 is 1.41 bits per heavy atom. The Hall–Kier alpha value is -2.34. The van der Waals surface area contributed by atoms with Gasteiger partial charge in [0.05, 0.1) is 27.4 Å². The lowest BCUT2D eigenvalue weighted by molar-refractivity contribution is 0.0521. The third-order valence-corrected chi connectivity index (χ3v) is 4.87. The fourth-order valence-corrected chi connectivity index (χ4v) is 3.77. The van der Waals surface area contributed by atoms with Crippen LogP contribution in [0.5, 0.6) is 0 Å². The van der Waals surface area contributed by atoms with Crippen LogP contribution in [0.15, 0.2) is 18.3 Å². The SMILES string of the molecule is CCOC(=O)c1c2sc(C(C)=O)c(N)c2c2cc(C)ccn12. The van der Waals surface area contributed by atoms with Gasteiger partial charge in [-0.05, 0) is 31.5 Å². The van der Waals surface area contributed by atoms with E-state index in [1.54, 1.807) is 11.3 Å². The summed E-state index contributed by atoms with van der Waals surface area (Å²) in [5, 5.41) is 0.752. The number of nitrogens with two attached hydrogens (primary N) is 1. The second-order valence-corrected chi connectivity index (χ2v) is 6.15. The second kappa shape index (κ2) is 5.14. The number of anilines is 1. The molecule has 0 unspecified atom stereocenters. The molecule has 114 valence electrons. The number of fused-ring (bicyclic) bond motifs is 3. The van der Waals surface area contributed by atoms with Crippen LogP contribution in [-0.2, 0) is 4.74 Å². The molecule has 3 aromatic rings. The first-order valence-electron chi connectivity index (χ1n) is 6.96. The maximum atomic E-state index is 12.3. The van der Waals surface area contributed by atoms with Gasteiger partial charge < -0.3 is 14.9 Å². The second-order valence-electron chi connectivity index (χ2n) is 5.13. The average molecular weight is 316 g/mol. The zero-order chi connectivity index (χ0) is 16.0. The van der Waals surface area contributed by atoms with Gasteiger partial charge in [0, 0.05) is 18.5 Å². The monoisotopic (exact) mass is 316 g/mol. The average Bonchev–Trinajstić information content (AvgIpc) is 2.94. The highest BCUT2D eigenvalue weighted by Gasteiger charge is 2.25. The number of ether oxygens (including phenoxy) is 1. The maximum absolute atomic E-state index is 12.3. The highest BCUT2D eigenvalue weighted by Crippen LogP contribution is 2.41. The smallest absolute Gasteiger partial charge is 0.356 e. The Bertz CT molecular complexity index is 921. The van der Waals surface area contributed by atoms with Gasteiger partial charge in [0.25, 0.3) is 0 Å². The van der Waals surface area contributed by atoms with Crippen LogP contribution in [0.25, 0.3) is 15.6 Å². The summed E-state index contributed by atoms with van der Waals surface area (Å²) in [4.78, 5) is 24.6. The first-order valence-corrected chi connectivity index (χ1v) is 7.78. The molecular formula is C16H16N2O3S. The van der Waals surface area contributed by atoms with Crippen molar-refractivity contribution in [3.63, 3.8) is 0 Å². The minimum atomic E-state index is -0.410. The molecule has 0 aliphatic carbocycles. The van der Waals surface area contributed by atoms with Crippen molar-refractivity contribution in [2.24, 2.45) is 0 Å². The number of Topliss-reactive ketones (excluding diaryl/α,β-unsaturated/α-hetero) is 1. The summed E-state index contributed by atoms with van der Waals surface area (Å²) in [6.45, 7) is 5.50. The highest BCUT2D eigenvalue weighted by atomic mass is 32.1. The topological polar surface area (TPSA) is 73.8 Å². The van der Waals surface area contributed by atoms with Crippen LogP contribution in [0.3, 0.4) is 0 Å². The predicted molar refractivity (Wildman–Crippen MR) is 87.9 cm³/mol. The Kier molecular flexibility index (Phi) is 3.41. The van der Waals surface area contributed by atoms with Crippen LogP contribution in [0, 0.1) is 6.92 Å². The van der Waals surface area contributed by atoms with Gasteiger partial charge in [0.2, 0.25) is 0 Å². The third kappa shape index (κ3) is 1.99. The van der Waals surface area contributed by atoms with Crippen molar-refractivity contribution in [1.82, 2.24) is 4.40 Å². The Morgan fingerprint density at radius 2 is 2.14 bits per heavy atom. The first-order chi connectivity index (χ1) is 10.5. The minimum absolute atomic E-state index is 0.0979. The lowest BCUT2D eigenvalue weighted by atomic mass is 10.2. The van der Waals surface area contributed by atoms with Gasteiger partial charge in [-0.2, -0.15) is 0 Å². The number of ketones is 1. The normalized spacial score (nSPS) is 11.2. The molecule has 6 heteroatoms. The van der Waals surface area contributed by atoms with Crippen LogP contribution >= 0.6 is 11.3 Å². The summed E-state index contributed by atoms with van der Waals surface area (Å²) in [6, 6.07) is 3.87. The summed E-state index contributed by atoms with van der Waals surface area (Å²) in [6.07, 6.45) is 1.83. The summed E-state index contributed by atoms with van der Waals surface area (Å²) < 4.78 is 7.65. The number of hydrogen-bond donors (Lipinski definition) is 1. The number of aryl methyl sites for hydroxylation is 1. The van der Waals surface area contributed by atoms with Crippen LogP contribution in [-0.4, -0.2) is 22.8 Å². The largest absolute Gasteiger partial charge is 0.461 e. The quantitative estimate of drug-likeness (QED) is 0.593. The summed E-state index contributed by atoms with van der Waals surface area (Å²) >= 11 is 1.25. The molecule has 0 bridgehead atoms. The Balaban J connectivity index is 2.46. The third-order valence-electron chi connectivity index (χ3n) is 3.56. The van der Waals surface area contributed by atoms with Crippen molar-refractivity contribution in [2.75, 3.05) is 12.3 Å². The number of nitrogen functional groups attached to an aromatic ring is 1. The van der Waals surface area contributed by atoms with Gasteiger partial charge in [-0.3, -0.25) is 4.79 Å². The molecule has 3 rings (SSSR count). The molecule has 5 nitrogen and oxygen atoms in total. The molecule has 0 saturated heterocycles. The zero-order valence-corrected chi connectivity index (χ0v) is 13.4. The van der Waals surface area contributed by atoms with E-state index in [0.717, 1.165) is 16.5 Å². The van der Waals surface area contributed by atoms with Gasteiger partial charge in [0.15, 0.2) is 5.78 Å². The van der Waals surface area contributed by atoms with E-state index in [0.29, 0.717) is 27.6 Å². The van der Waals surface area contributed by atoms with E-state index >= 15 is 0 Å². The summed E-state index contributed by atoms with van der Waals surface area (Å²) in [5.41, 5.74) is 8.90. The number of nitrogens with zero attached hydrogens (tertiary/aromatic N) is 1. The predicted octanol–water partition coefficient (Wildman–Crippen LogP) is 3.42. The molecule has 0 atom stereocenters. The standard InChI is InChI=1S/C16H16N2O3S/c1-4-21-16(20)13-15-11(12(17)14(22-15)9(3)19)10-7-8(2)5-6-18(10)13/h5-7H,4,17H2,1-3H3. The van der Waals surface area contributed by atoms with Crippen LogP contribution in [0.2, 0.25) is 0 Å². The molecule has 22 heavy (non-hydrogen) atoms. The molecule has 0 amide bonds. The number of rotatable bonds is 3. The number of thiophene rings is 1. The lowest BCUT2D eigenvalue weighted by Gasteiger charge is -2.04. The summed E-state index contributed by atoms with van der Waals surface area (Å²) in [7, 11) is 0. The molecule has 3 aromatic heterocycles. The van der Waals surface area contributed by atoms with Crippen molar-refractivity contribution in [2.45, 2.75) is 20.8 Å². The van der Waals surface area contributed by atoms with Crippen molar-refractivity contribution in [3.8, 4) is 0 Å². The van der Waals surface area contributed by atoms with Crippen molar-refractivity contribution >= 4 is 44.4 Å². The number of pyridine rings is 1. The van der Waals surface area contributed by atoms with Crippen molar-refractivity contribution in [3.05, 3.63) is 34.5 Å². The molecule has 3 heterocycles. The lowest BCUT2D eigenvalue weighted by Crippen LogP contribution is -2.08. The van der Waals surface area contributed by atoms with Gasteiger partial charge in [-0.25, -0.2) is 4.79 Å². The van der Waals surface area contributed by atoms with E-state index in [1.807, 2.05) is 25.3 Å². The van der Waals surface area contributed by atoms with Crippen LogP contribution in [0.4, 0.5) is 5.69 Å². The fraction of sp³-hybridized carbons (Fsp3) is 0.250. The molecule has 0 fully saturated rings. The Morgan fingerprint density at radius 3 is 2.77 bits per heavy atom. The number of carbonyl (C=O) groups is 2. The zero-order valence-electron chi connectivity index (χ0n) is 12.6. The highest BCUT2D eigenvalue weighted by molar-refractivity contribution is 7.22. The number of carbonyl (C=O) groups excluding carboxylic acids is 2.